The number of aromatic nitrogens is 3. The summed E-state index contributed by atoms with van der Waals surface area (Å²) in [5.74, 6) is -0.939. The predicted octanol–water partition coefficient (Wildman–Crippen LogP) is 5.06. The van der Waals surface area contributed by atoms with E-state index in [1.54, 1.807) is 46.1 Å². The molecule has 1 fully saturated rings. The van der Waals surface area contributed by atoms with Gasteiger partial charge in [-0.15, -0.1) is 0 Å². The number of esters is 1. The second kappa shape index (κ2) is 8.16. The number of nitrogens with zero attached hydrogens (tertiary/aromatic N) is 4. The van der Waals surface area contributed by atoms with Crippen molar-refractivity contribution in [3.8, 4) is 0 Å². The molecule has 0 aliphatic heterocycles. The Morgan fingerprint density at radius 1 is 1.03 bits per heavy atom. The van der Waals surface area contributed by atoms with Gasteiger partial charge in [0.2, 0.25) is 0 Å². The third kappa shape index (κ3) is 4.90. The van der Waals surface area contributed by atoms with Gasteiger partial charge in [0, 0.05) is 5.54 Å². The van der Waals surface area contributed by atoms with Gasteiger partial charge in [0.25, 0.3) is 0 Å². The Kier molecular flexibility index (Phi) is 6.12. The number of anilines is 1. The van der Waals surface area contributed by atoms with Crippen molar-refractivity contribution in [2.45, 2.75) is 78.0 Å². The lowest BCUT2D eigenvalue weighted by Crippen LogP contribution is -2.44. The number of fused-ring (bicyclic) bond motifs is 1. The maximum atomic E-state index is 13.2. The van der Waals surface area contributed by atoms with Crippen molar-refractivity contribution in [2.75, 3.05) is 12.0 Å². The highest BCUT2D eigenvalue weighted by Gasteiger charge is 2.45. The van der Waals surface area contributed by atoms with Crippen LogP contribution in [0.4, 0.5) is 15.4 Å². The topological polar surface area (TPSA) is 113 Å². The van der Waals surface area contributed by atoms with Crippen LogP contribution >= 0.6 is 11.6 Å². The van der Waals surface area contributed by atoms with Crippen LogP contribution in [0.1, 0.15) is 71.7 Å². The number of carbonyl (C=O) groups is 3. The van der Waals surface area contributed by atoms with Gasteiger partial charge in [-0.2, -0.15) is 4.90 Å². The molecule has 0 saturated heterocycles. The van der Waals surface area contributed by atoms with Gasteiger partial charge >= 0.3 is 18.2 Å². The van der Waals surface area contributed by atoms with Crippen LogP contribution < -0.4 is 4.90 Å². The first-order valence-electron chi connectivity index (χ1n) is 10.5. The van der Waals surface area contributed by atoms with Crippen molar-refractivity contribution < 1.29 is 28.6 Å². The molecule has 3 rings (SSSR count). The predicted molar refractivity (Wildman–Crippen MR) is 122 cm³/mol. The van der Waals surface area contributed by atoms with Crippen LogP contribution in [0.2, 0.25) is 5.15 Å². The molecule has 1 aliphatic rings. The SMILES string of the molecule is COC(=O)c1c(Cl)n(C2(C)CC2)c2ncnc(N(C(=O)OC(C)(C)C)C(=O)OC(C)(C)C)c12. The van der Waals surface area contributed by atoms with E-state index in [4.69, 9.17) is 25.8 Å². The largest absolute Gasteiger partial charge is 0.465 e. The van der Waals surface area contributed by atoms with E-state index in [0.29, 0.717) is 10.5 Å². The van der Waals surface area contributed by atoms with Crippen molar-refractivity contribution in [1.82, 2.24) is 14.5 Å². The number of halogens is 1. The lowest BCUT2D eigenvalue weighted by Gasteiger charge is -2.28. The highest BCUT2D eigenvalue weighted by molar-refractivity contribution is 6.36. The second-order valence-corrected chi connectivity index (χ2v) is 10.5. The summed E-state index contributed by atoms with van der Waals surface area (Å²) in [4.78, 5) is 48.2. The molecule has 0 unspecified atom stereocenters. The molecule has 0 radical (unpaired) electrons. The van der Waals surface area contributed by atoms with Crippen LogP contribution in [-0.2, 0) is 19.7 Å². The molecule has 1 aliphatic carbocycles. The molecule has 0 atom stereocenters. The van der Waals surface area contributed by atoms with E-state index in [0.717, 1.165) is 12.8 Å². The minimum absolute atomic E-state index is 0.0463. The van der Waals surface area contributed by atoms with E-state index in [-0.39, 0.29) is 27.5 Å². The van der Waals surface area contributed by atoms with E-state index in [2.05, 4.69) is 9.97 Å². The molecule has 2 amide bonds. The Labute approximate surface area is 197 Å². The molecule has 2 heterocycles. The van der Waals surface area contributed by atoms with Crippen LogP contribution in [0.25, 0.3) is 11.0 Å². The zero-order valence-electron chi connectivity index (χ0n) is 20.1. The number of hydrogen-bond donors (Lipinski definition) is 0. The first-order chi connectivity index (χ1) is 15.1. The van der Waals surface area contributed by atoms with Crippen molar-refractivity contribution in [3.05, 3.63) is 17.0 Å². The summed E-state index contributed by atoms with van der Waals surface area (Å²) < 4.78 is 17.6. The van der Waals surface area contributed by atoms with Gasteiger partial charge in [-0.1, -0.05) is 11.6 Å². The number of imide groups is 1. The first kappa shape index (κ1) is 24.8. The molecule has 0 aromatic carbocycles. The van der Waals surface area contributed by atoms with Crippen LogP contribution in [0.3, 0.4) is 0 Å². The highest BCUT2D eigenvalue weighted by atomic mass is 35.5. The summed E-state index contributed by atoms with van der Waals surface area (Å²) in [5.41, 5.74) is -1.95. The lowest BCUT2D eigenvalue weighted by atomic mass is 10.2. The average Bonchev–Trinajstić information content (AvgIpc) is 3.30. The minimum Gasteiger partial charge on any atom is -0.465 e. The van der Waals surface area contributed by atoms with E-state index >= 15 is 0 Å². The van der Waals surface area contributed by atoms with Gasteiger partial charge in [0.15, 0.2) is 5.82 Å². The molecule has 10 nitrogen and oxygen atoms in total. The molecule has 2 aromatic rings. The minimum atomic E-state index is -1.02. The molecular weight excluding hydrogens is 452 g/mol. The molecule has 11 heteroatoms. The summed E-state index contributed by atoms with van der Waals surface area (Å²) in [6, 6.07) is 0. The van der Waals surface area contributed by atoms with Gasteiger partial charge in [0.05, 0.1) is 12.5 Å². The fourth-order valence-electron chi connectivity index (χ4n) is 3.29. The molecular formula is C22H29ClN4O6. The van der Waals surface area contributed by atoms with Gasteiger partial charge in [-0.3, -0.25) is 0 Å². The van der Waals surface area contributed by atoms with Crippen LogP contribution in [-0.4, -0.2) is 51.0 Å². The number of methoxy groups -OCH3 is 1. The van der Waals surface area contributed by atoms with E-state index in [1.165, 1.54) is 13.4 Å². The Morgan fingerprint density at radius 2 is 1.55 bits per heavy atom. The number of rotatable bonds is 3. The maximum Gasteiger partial charge on any atom is 0.425 e. The molecule has 180 valence electrons. The highest BCUT2D eigenvalue weighted by Crippen LogP contribution is 2.49. The van der Waals surface area contributed by atoms with Crippen LogP contribution in [0.5, 0.6) is 0 Å². The Balaban J connectivity index is 2.32. The molecule has 0 N–H and O–H groups in total. The number of carbonyl (C=O) groups excluding carboxylic acids is 3. The maximum absolute atomic E-state index is 13.2. The molecule has 2 aromatic heterocycles. The summed E-state index contributed by atoms with van der Waals surface area (Å²) >= 11 is 6.64. The lowest BCUT2D eigenvalue weighted by molar-refractivity contribution is 0.0427. The van der Waals surface area contributed by atoms with Gasteiger partial charge < -0.3 is 18.8 Å². The quantitative estimate of drug-likeness (QED) is 0.442. The van der Waals surface area contributed by atoms with E-state index < -0.39 is 29.4 Å². The molecule has 1 saturated carbocycles. The molecule has 0 bridgehead atoms. The number of hydrogen-bond acceptors (Lipinski definition) is 8. The van der Waals surface area contributed by atoms with Gasteiger partial charge in [-0.25, -0.2) is 24.4 Å². The Hall–Kier alpha value is -2.88. The molecule has 0 spiro atoms. The fraction of sp³-hybridized carbons (Fsp3) is 0.591. The van der Waals surface area contributed by atoms with Crippen LogP contribution in [0.15, 0.2) is 6.33 Å². The Morgan fingerprint density at radius 3 is 1.97 bits per heavy atom. The summed E-state index contributed by atoms with van der Waals surface area (Å²) in [7, 11) is 1.21. The van der Waals surface area contributed by atoms with Crippen molar-refractivity contribution >= 4 is 46.6 Å². The van der Waals surface area contributed by atoms with Crippen molar-refractivity contribution in [3.63, 3.8) is 0 Å². The van der Waals surface area contributed by atoms with E-state index in [1.807, 2.05) is 6.92 Å². The normalized spacial score (nSPS) is 15.2. The third-order valence-corrected chi connectivity index (χ3v) is 5.30. The molecule has 33 heavy (non-hydrogen) atoms. The van der Waals surface area contributed by atoms with E-state index in [9.17, 15) is 14.4 Å². The smallest absolute Gasteiger partial charge is 0.425 e. The number of amides is 2. The summed E-state index contributed by atoms with van der Waals surface area (Å²) in [5, 5.41) is 0.186. The summed E-state index contributed by atoms with van der Waals surface area (Å²) in [6.45, 7) is 11.9. The van der Waals surface area contributed by atoms with Gasteiger partial charge in [0.1, 0.15) is 33.9 Å². The van der Waals surface area contributed by atoms with Crippen LogP contribution in [0, 0.1) is 0 Å². The zero-order valence-corrected chi connectivity index (χ0v) is 20.9. The standard InChI is InChI=1S/C22H29ClN4O6/c1-20(2,3)32-18(29)26(19(30)33-21(4,5)6)15-13-12(17(28)31-8)14(23)27(22(7)9-10-22)16(13)25-11-24-15/h11H,9-10H2,1-8H3. The monoisotopic (exact) mass is 480 g/mol. The van der Waals surface area contributed by atoms with Gasteiger partial charge in [-0.05, 0) is 61.3 Å². The first-order valence-corrected chi connectivity index (χ1v) is 10.9. The van der Waals surface area contributed by atoms with Crippen molar-refractivity contribution in [2.24, 2.45) is 0 Å². The second-order valence-electron chi connectivity index (χ2n) is 10.2. The average molecular weight is 481 g/mol. The summed E-state index contributed by atoms with van der Waals surface area (Å²) in [6.07, 6.45) is 0.790. The third-order valence-electron chi connectivity index (χ3n) is 4.94. The number of ether oxygens (including phenoxy) is 3. The van der Waals surface area contributed by atoms with Crippen molar-refractivity contribution in [1.29, 1.82) is 0 Å². The Bertz CT molecular complexity index is 1100. The fourth-order valence-corrected chi connectivity index (χ4v) is 3.74. The zero-order chi connectivity index (χ0) is 24.9.